The van der Waals surface area contributed by atoms with E-state index in [1.807, 2.05) is 27.7 Å². The van der Waals surface area contributed by atoms with Gasteiger partial charge in [0, 0.05) is 5.54 Å². The first kappa shape index (κ1) is 7.92. The van der Waals surface area contributed by atoms with Crippen molar-refractivity contribution in [3.8, 4) is 0 Å². The fourth-order valence-electron chi connectivity index (χ4n) is 0.112. The van der Waals surface area contributed by atoms with E-state index in [9.17, 15) is 0 Å². The predicted octanol–water partition coefficient (Wildman–Crippen LogP) is 1.36. The van der Waals surface area contributed by atoms with Crippen molar-refractivity contribution in [3.05, 3.63) is 5.92 Å². The molecule has 0 saturated carbocycles. The molecule has 0 spiro atoms. The fraction of sp³-hybridized carbons (Fsp3) is 0.833. The summed E-state index contributed by atoms with van der Waals surface area (Å²) in [5, 5.41) is 8.49. The van der Waals surface area contributed by atoms with Gasteiger partial charge in [0.15, 0.2) is 0 Å². The average Bonchev–Trinajstić information content (AvgIpc) is 1.67. The van der Waals surface area contributed by atoms with E-state index in [1.54, 1.807) is 0 Å². The summed E-state index contributed by atoms with van der Waals surface area (Å²) in [5.74, 6) is 1.17. The molecule has 1 radical (unpaired) electrons. The molecule has 2 nitrogen and oxygen atoms in total. The summed E-state index contributed by atoms with van der Waals surface area (Å²) in [6.45, 7) is 7.79. The van der Waals surface area contributed by atoms with Gasteiger partial charge in [0.1, 0.15) is 0 Å². The summed E-state index contributed by atoms with van der Waals surface area (Å²) in [5.41, 5.74) is 1.97. The average molecular weight is 116 g/mol. The predicted molar refractivity (Wildman–Crippen MR) is 33.6 cm³/mol. The topological polar surface area (TPSA) is 32.3 Å². The Kier molecular flexibility index (Phi) is 2.44. The smallest absolute Gasteiger partial charge is 0.0430 e. The van der Waals surface area contributed by atoms with E-state index in [-0.39, 0.29) is 5.54 Å². The number of nitrogens with one attached hydrogen (secondary N) is 1. The molecule has 0 aromatic carbocycles. The molecular formula is C6H14NO. The standard InChI is InChI=1S/C6H14NO/c1-5(2)6(3,4)7-8/h7-8H,1-4H3. The lowest BCUT2D eigenvalue weighted by Crippen LogP contribution is -2.40. The van der Waals surface area contributed by atoms with Crippen molar-refractivity contribution >= 4 is 0 Å². The summed E-state index contributed by atoms with van der Waals surface area (Å²) >= 11 is 0. The molecule has 0 aromatic heterocycles. The van der Waals surface area contributed by atoms with Gasteiger partial charge in [-0.2, -0.15) is 5.48 Å². The zero-order valence-corrected chi connectivity index (χ0v) is 5.95. The van der Waals surface area contributed by atoms with E-state index in [2.05, 4.69) is 5.48 Å². The molecule has 0 atom stereocenters. The molecular weight excluding hydrogens is 102 g/mol. The van der Waals surface area contributed by atoms with Crippen LogP contribution in [0.2, 0.25) is 0 Å². The molecule has 2 N–H and O–H groups in total. The minimum absolute atomic E-state index is 0.236. The molecule has 0 unspecified atom stereocenters. The van der Waals surface area contributed by atoms with E-state index in [1.165, 1.54) is 5.92 Å². The Balaban J connectivity index is 3.71. The highest BCUT2D eigenvalue weighted by molar-refractivity contribution is 4.99. The van der Waals surface area contributed by atoms with Gasteiger partial charge in [0.05, 0.1) is 0 Å². The SMILES string of the molecule is C[C](C)C(C)(C)NO. The van der Waals surface area contributed by atoms with Gasteiger partial charge in [-0.3, -0.25) is 0 Å². The van der Waals surface area contributed by atoms with Gasteiger partial charge in [-0.25, -0.2) is 0 Å². The molecule has 0 aliphatic heterocycles. The molecule has 2 heteroatoms. The minimum atomic E-state index is -0.236. The molecule has 0 aliphatic rings. The van der Waals surface area contributed by atoms with Crippen LogP contribution in [0.25, 0.3) is 0 Å². The Bertz CT molecular complexity index is 68.9. The Labute approximate surface area is 50.9 Å². The van der Waals surface area contributed by atoms with E-state index in [4.69, 9.17) is 5.21 Å². The molecule has 0 rings (SSSR count). The largest absolute Gasteiger partial charge is 0.316 e. The number of rotatable bonds is 2. The summed E-state index contributed by atoms with van der Waals surface area (Å²) in [4.78, 5) is 0. The second kappa shape index (κ2) is 2.46. The first-order valence-electron chi connectivity index (χ1n) is 2.72. The second-order valence-corrected chi connectivity index (χ2v) is 2.74. The Morgan fingerprint density at radius 1 is 1.38 bits per heavy atom. The first-order valence-corrected chi connectivity index (χ1v) is 2.72. The van der Waals surface area contributed by atoms with Crippen molar-refractivity contribution in [2.75, 3.05) is 0 Å². The number of hydrogen-bond donors (Lipinski definition) is 2. The zero-order chi connectivity index (χ0) is 6.78. The number of hydrogen-bond acceptors (Lipinski definition) is 2. The van der Waals surface area contributed by atoms with Gasteiger partial charge in [-0.15, -0.1) is 0 Å². The van der Waals surface area contributed by atoms with E-state index in [0.717, 1.165) is 0 Å². The van der Waals surface area contributed by atoms with Crippen LogP contribution in [0.1, 0.15) is 27.7 Å². The maximum absolute atomic E-state index is 8.49. The summed E-state index contributed by atoms with van der Waals surface area (Å²) < 4.78 is 0. The summed E-state index contributed by atoms with van der Waals surface area (Å²) in [7, 11) is 0. The highest BCUT2D eigenvalue weighted by atomic mass is 16.5. The number of hydroxylamine groups is 1. The first-order chi connectivity index (χ1) is 3.50. The second-order valence-electron chi connectivity index (χ2n) is 2.74. The van der Waals surface area contributed by atoms with Crippen molar-refractivity contribution in [1.29, 1.82) is 0 Å². The van der Waals surface area contributed by atoms with Gasteiger partial charge in [-0.05, 0) is 19.8 Å². The van der Waals surface area contributed by atoms with Gasteiger partial charge in [-0.1, -0.05) is 13.8 Å². The maximum atomic E-state index is 8.49. The van der Waals surface area contributed by atoms with Crippen molar-refractivity contribution in [2.45, 2.75) is 33.2 Å². The highest BCUT2D eigenvalue weighted by Crippen LogP contribution is 2.15. The lowest BCUT2D eigenvalue weighted by atomic mass is 9.92. The minimum Gasteiger partial charge on any atom is -0.316 e. The highest BCUT2D eigenvalue weighted by Gasteiger charge is 2.20. The van der Waals surface area contributed by atoms with Gasteiger partial charge in [0.2, 0.25) is 0 Å². The lowest BCUT2D eigenvalue weighted by molar-refractivity contribution is 0.0897. The third-order valence-electron chi connectivity index (χ3n) is 1.53. The van der Waals surface area contributed by atoms with E-state index < -0.39 is 0 Å². The Hall–Kier alpha value is -0.0800. The van der Waals surface area contributed by atoms with Crippen LogP contribution in [0, 0.1) is 5.92 Å². The zero-order valence-electron chi connectivity index (χ0n) is 5.95. The van der Waals surface area contributed by atoms with Crippen LogP contribution in [0.4, 0.5) is 0 Å². The third kappa shape index (κ3) is 1.80. The van der Waals surface area contributed by atoms with E-state index >= 15 is 0 Å². The summed E-state index contributed by atoms with van der Waals surface area (Å²) in [6.07, 6.45) is 0. The van der Waals surface area contributed by atoms with E-state index in [0.29, 0.717) is 0 Å². The van der Waals surface area contributed by atoms with Crippen LogP contribution in [0.5, 0.6) is 0 Å². The quantitative estimate of drug-likeness (QED) is 0.534. The van der Waals surface area contributed by atoms with Crippen LogP contribution in [-0.4, -0.2) is 10.7 Å². The van der Waals surface area contributed by atoms with Crippen LogP contribution < -0.4 is 5.48 Å². The van der Waals surface area contributed by atoms with Crippen molar-refractivity contribution in [3.63, 3.8) is 0 Å². The monoisotopic (exact) mass is 116 g/mol. The molecule has 0 aromatic rings. The molecule has 0 amide bonds. The summed E-state index contributed by atoms with van der Waals surface area (Å²) in [6, 6.07) is 0. The molecule has 0 saturated heterocycles. The van der Waals surface area contributed by atoms with Gasteiger partial charge < -0.3 is 5.21 Å². The van der Waals surface area contributed by atoms with Crippen LogP contribution in [0.15, 0.2) is 0 Å². The van der Waals surface area contributed by atoms with Crippen molar-refractivity contribution < 1.29 is 5.21 Å². The molecule has 0 aliphatic carbocycles. The Morgan fingerprint density at radius 2 is 1.75 bits per heavy atom. The van der Waals surface area contributed by atoms with Crippen molar-refractivity contribution in [2.24, 2.45) is 0 Å². The normalized spacial score (nSPS) is 12.8. The third-order valence-corrected chi connectivity index (χ3v) is 1.53. The Morgan fingerprint density at radius 3 is 1.75 bits per heavy atom. The van der Waals surface area contributed by atoms with Gasteiger partial charge in [0.25, 0.3) is 0 Å². The van der Waals surface area contributed by atoms with Crippen molar-refractivity contribution in [1.82, 2.24) is 5.48 Å². The molecule has 49 valence electrons. The molecule has 0 fully saturated rings. The molecule has 8 heavy (non-hydrogen) atoms. The molecule has 0 heterocycles. The lowest BCUT2D eigenvalue weighted by Gasteiger charge is -2.26. The molecule has 0 bridgehead atoms. The van der Waals surface area contributed by atoms with Crippen LogP contribution in [-0.2, 0) is 0 Å². The maximum Gasteiger partial charge on any atom is 0.0430 e. The fourth-order valence-corrected chi connectivity index (χ4v) is 0.112. The van der Waals surface area contributed by atoms with Crippen LogP contribution >= 0.6 is 0 Å². The van der Waals surface area contributed by atoms with Crippen LogP contribution in [0.3, 0.4) is 0 Å². The van der Waals surface area contributed by atoms with Gasteiger partial charge >= 0.3 is 0 Å².